The zero-order chi connectivity index (χ0) is 16.5. The Hall–Kier alpha value is -3.03. The molecule has 0 aliphatic carbocycles. The molecule has 8 heteroatoms. The third-order valence-corrected chi connectivity index (χ3v) is 2.34. The van der Waals surface area contributed by atoms with Gasteiger partial charge in [-0.15, -0.1) is 0 Å². The number of carbonyl (C=O) groups is 3. The van der Waals surface area contributed by atoms with E-state index in [9.17, 15) is 14.4 Å². The van der Waals surface area contributed by atoms with Crippen molar-refractivity contribution in [1.29, 1.82) is 0 Å². The summed E-state index contributed by atoms with van der Waals surface area (Å²) in [4.78, 5) is 33.3. The lowest BCUT2D eigenvalue weighted by atomic mass is 10.2. The molecule has 0 spiro atoms. The standard InChI is InChI=1S/C14H15NO7/c1-20-13(18)7-11(14(19)21-2)15-9-4-3-5-10(6-9)22-8-12(16)17/h3-7,15H,8H2,1-2H3,(H,16,17)/b11-7+. The maximum atomic E-state index is 11.6. The highest BCUT2D eigenvalue weighted by Crippen LogP contribution is 2.19. The van der Waals surface area contributed by atoms with Crippen LogP contribution in [0.25, 0.3) is 0 Å². The maximum absolute atomic E-state index is 11.6. The van der Waals surface area contributed by atoms with Gasteiger partial charge in [-0.3, -0.25) is 0 Å². The van der Waals surface area contributed by atoms with E-state index in [1.807, 2.05) is 0 Å². The molecular formula is C14H15NO7. The van der Waals surface area contributed by atoms with Crippen molar-refractivity contribution in [2.24, 2.45) is 0 Å². The number of rotatable bonds is 7. The summed E-state index contributed by atoms with van der Waals surface area (Å²) in [5, 5.41) is 11.2. The molecule has 22 heavy (non-hydrogen) atoms. The van der Waals surface area contributed by atoms with Gasteiger partial charge in [0.05, 0.1) is 20.3 Å². The summed E-state index contributed by atoms with van der Waals surface area (Å²) >= 11 is 0. The lowest BCUT2D eigenvalue weighted by Crippen LogP contribution is -2.15. The molecule has 0 saturated heterocycles. The molecule has 0 atom stereocenters. The van der Waals surface area contributed by atoms with Crippen molar-refractivity contribution in [3.05, 3.63) is 36.0 Å². The number of hydrogen-bond acceptors (Lipinski definition) is 7. The topological polar surface area (TPSA) is 111 Å². The fourth-order valence-corrected chi connectivity index (χ4v) is 1.40. The zero-order valence-electron chi connectivity index (χ0n) is 12.0. The first-order chi connectivity index (χ1) is 10.5. The molecule has 0 radical (unpaired) electrons. The van der Waals surface area contributed by atoms with Gasteiger partial charge in [-0.25, -0.2) is 14.4 Å². The fourth-order valence-electron chi connectivity index (χ4n) is 1.40. The Bertz CT molecular complexity index is 595. The lowest BCUT2D eigenvalue weighted by Gasteiger charge is -2.10. The second kappa shape index (κ2) is 8.30. The molecule has 0 bridgehead atoms. The number of aliphatic carboxylic acids is 1. The first-order valence-corrected chi connectivity index (χ1v) is 6.06. The number of anilines is 1. The number of carboxylic acid groups (broad SMARTS) is 1. The highest BCUT2D eigenvalue weighted by Gasteiger charge is 2.13. The molecule has 2 N–H and O–H groups in total. The van der Waals surface area contributed by atoms with Crippen molar-refractivity contribution >= 4 is 23.6 Å². The van der Waals surface area contributed by atoms with Gasteiger partial charge in [-0.05, 0) is 12.1 Å². The summed E-state index contributed by atoms with van der Waals surface area (Å²) in [5.41, 5.74) is 0.271. The number of ether oxygens (including phenoxy) is 3. The predicted octanol–water partition coefficient (Wildman–Crippen LogP) is 0.792. The van der Waals surface area contributed by atoms with E-state index in [0.717, 1.165) is 6.08 Å². The predicted molar refractivity (Wildman–Crippen MR) is 75.3 cm³/mol. The average molecular weight is 309 g/mol. The Morgan fingerprint density at radius 1 is 1.23 bits per heavy atom. The van der Waals surface area contributed by atoms with Gasteiger partial charge < -0.3 is 24.6 Å². The third-order valence-electron chi connectivity index (χ3n) is 2.34. The second-order valence-electron chi connectivity index (χ2n) is 3.91. The summed E-state index contributed by atoms with van der Waals surface area (Å²) in [6.07, 6.45) is 0.941. The fraction of sp³-hybridized carbons (Fsp3) is 0.214. The summed E-state index contributed by atoms with van der Waals surface area (Å²) in [6.45, 7) is -0.495. The van der Waals surface area contributed by atoms with E-state index >= 15 is 0 Å². The second-order valence-corrected chi connectivity index (χ2v) is 3.91. The van der Waals surface area contributed by atoms with E-state index in [1.165, 1.54) is 20.3 Å². The number of carboxylic acids is 1. The Labute approximate surface area is 126 Å². The molecule has 118 valence electrons. The van der Waals surface area contributed by atoms with Crippen LogP contribution in [0.4, 0.5) is 5.69 Å². The minimum atomic E-state index is -1.11. The lowest BCUT2D eigenvalue weighted by molar-refractivity contribution is -0.139. The Balaban J connectivity index is 2.91. The van der Waals surface area contributed by atoms with Gasteiger partial charge in [0.2, 0.25) is 0 Å². The maximum Gasteiger partial charge on any atom is 0.354 e. The molecule has 0 aliphatic rings. The van der Waals surface area contributed by atoms with Crippen LogP contribution >= 0.6 is 0 Å². The van der Waals surface area contributed by atoms with Crippen LogP contribution < -0.4 is 10.1 Å². The SMILES string of the molecule is COC(=O)/C=C(/Nc1cccc(OCC(=O)O)c1)C(=O)OC. The first kappa shape index (κ1) is 17.0. The molecule has 8 nitrogen and oxygen atoms in total. The third kappa shape index (κ3) is 5.53. The smallest absolute Gasteiger partial charge is 0.354 e. The van der Waals surface area contributed by atoms with Gasteiger partial charge in [-0.2, -0.15) is 0 Å². The normalized spacial score (nSPS) is 10.5. The molecule has 1 aromatic carbocycles. The summed E-state index contributed by atoms with van der Waals surface area (Å²) in [5.74, 6) is -2.32. The van der Waals surface area contributed by atoms with E-state index in [0.29, 0.717) is 5.69 Å². The quantitative estimate of drug-likeness (QED) is 0.562. The Morgan fingerprint density at radius 2 is 1.95 bits per heavy atom. The largest absolute Gasteiger partial charge is 0.482 e. The highest BCUT2D eigenvalue weighted by atomic mass is 16.5. The highest BCUT2D eigenvalue weighted by molar-refractivity contribution is 5.98. The van der Waals surface area contributed by atoms with E-state index in [4.69, 9.17) is 9.84 Å². The molecule has 0 amide bonds. The molecule has 0 aromatic heterocycles. The van der Waals surface area contributed by atoms with Crippen LogP contribution in [0.5, 0.6) is 5.75 Å². The molecule has 0 fully saturated rings. The summed E-state index contributed by atoms with van der Waals surface area (Å²) < 4.78 is 14.0. The number of esters is 2. The molecule has 0 unspecified atom stereocenters. The molecular weight excluding hydrogens is 294 g/mol. The molecule has 1 aromatic rings. The van der Waals surface area contributed by atoms with Gasteiger partial charge >= 0.3 is 17.9 Å². The van der Waals surface area contributed by atoms with Crippen LogP contribution in [0.15, 0.2) is 36.0 Å². The Morgan fingerprint density at radius 3 is 2.55 bits per heavy atom. The summed E-state index contributed by atoms with van der Waals surface area (Å²) in [6, 6.07) is 6.21. The van der Waals surface area contributed by atoms with Crippen LogP contribution in [0, 0.1) is 0 Å². The van der Waals surface area contributed by atoms with Crippen molar-refractivity contribution in [3.63, 3.8) is 0 Å². The minimum Gasteiger partial charge on any atom is -0.482 e. The van der Waals surface area contributed by atoms with Gasteiger partial charge in [0, 0.05) is 11.8 Å². The van der Waals surface area contributed by atoms with Crippen molar-refractivity contribution in [2.45, 2.75) is 0 Å². The summed E-state index contributed by atoms with van der Waals surface area (Å²) in [7, 11) is 2.34. The van der Waals surface area contributed by atoms with E-state index in [1.54, 1.807) is 18.2 Å². The number of hydrogen-bond donors (Lipinski definition) is 2. The number of methoxy groups -OCH3 is 2. The van der Waals surface area contributed by atoms with Gasteiger partial charge in [0.25, 0.3) is 0 Å². The molecule has 0 saturated carbocycles. The first-order valence-electron chi connectivity index (χ1n) is 6.06. The minimum absolute atomic E-state index is 0.135. The van der Waals surface area contributed by atoms with Crippen LogP contribution in [0.1, 0.15) is 0 Å². The van der Waals surface area contributed by atoms with E-state index in [2.05, 4.69) is 14.8 Å². The van der Waals surface area contributed by atoms with Gasteiger partial charge in [0.15, 0.2) is 6.61 Å². The van der Waals surface area contributed by atoms with Crippen molar-refractivity contribution < 1.29 is 33.7 Å². The van der Waals surface area contributed by atoms with Gasteiger partial charge in [0.1, 0.15) is 11.4 Å². The molecule has 0 heterocycles. The van der Waals surface area contributed by atoms with Crippen molar-refractivity contribution in [2.75, 3.05) is 26.1 Å². The number of nitrogens with one attached hydrogen (secondary N) is 1. The molecule has 1 rings (SSSR count). The van der Waals surface area contributed by atoms with E-state index < -0.39 is 24.5 Å². The van der Waals surface area contributed by atoms with Crippen LogP contribution in [0.3, 0.4) is 0 Å². The zero-order valence-corrected chi connectivity index (χ0v) is 12.0. The van der Waals surface area contributed by atoms with E-state index in [-0.39, 0.29) is 11.4 Å². The van der Waals surface area contributed by atoms with Crippen LogP contribution in [0.2, 0.25) is 0 Å². The van der Waals surface area contributed by atoms with Crippen molar-refractivity contribution in [3.8, 4) is 5.75 Å². The monoisotopic (exact) mass is 309 g/mol. The molecule has 0 aliphatic heterocycles. The van der Waals surface area contributed by atoms with Crippen LogP contribution in [-0.2, 0) is 23.9 Å². The van der Waals surface area contributed by atoms with Gasteiger partial charge in [-0.1, -0.05) is 6.07 Å². The average Bonchev–Trinajstić information content (AvgIpc) is 2.51. The Kier molecular flexibility index (Phi) is 6.42. The van der Waals surface area contributed by atoms with Crippen LogP contribution in [-0.4, -0.2) is 43.8 Å². The number of carbonyl (C=O) groups excluding carboxylic acids is 2. The van der Waals surface area contributed by atoms with Crippen molar-refractivity contribution in [1.82, 2.24) is 0 Å². The number of benzene rings is 1.